The number of para-hydroxylation sites is 1. The van der Waals surface area contributed by atoms with E-state index in [1.54, 1.807) is 31.5 Å². The van der Waals surface area contributed by atoms with Crippen molar-refractivity contribution in [1.82, 2.24) is 14.5 Å². The molecule has 0 aliphatic carbocycles. The summed E-state index contributed by atoms with van der Waals surface area (Å²) in [5.74, 6) is -1.17. The normalized spacial score (nSPS) is 8.96. The summed E-state index contributed by atoms with van der Waals surface area (Å²) in [7, 11) is 0. The van der Waals surface area contributed by atoms with E-state index in [-0.39, 0.29) is 29.1 Å². The third kappa shape index (κ3) is 33.0. The summed E-state index contributed by atoms with van der Waals surface area (Å²) in [6.07, 6.45) is 2.76. The Morgan fingerprint density at radius 2 is 1.45 bits per heavy atom. The van der Waals surface area contributed by atoms with Crippen LogP contribution in [-0.2, 0) is 4.74 Å². The molecule has 0 aliphatic rings. The van der Waals surface area contributed by atoms with Gasteiger partial charge < -0.3 is 14.6 Å². The van der Waals surface area contributed by atoms with Crippen molar-refractivity contribution in [3.8, 4) is 5.82 Å². The summed E-state index contributed by atoms with van der Waals surface area (Å²) < 4.78 is 21.0. The van der Waals surface area contributed by atoms with E-state index < -0.39 is 22.4 Å². The summed E-state index contributed by atoms with van der Waals surface area (Å²) in [4.78, 5) is 31.8. The second kappa shape index (κ2) is 52.4. The number of anilines is 2. The Morgan fingerprint density at radius 3 is 1.96 bits per heavy atom. The first-order valence-electron chi connectivity index (χ1n) is 17.1. The minimum atomic E-state index is -0.935. The van der Waals surface area contributed by atoms with Crippen molar-refractivity contribution < 1.29 is 18.8 Å². The molecule has 2 aromatic carbocycles. The Labute approximate surface area is 595 Å². The predicted octanol–water partition coefficient (Wildman–Crippen LogP) is -0.246. The van der Waals surface area contributed by atoms with E-state index in [1.807, 2.05) is 30.3 Å². The molecule has 0 aliphatic heterocycles. The number of nitro benzene ring substituents is 1. The summed E-state index contributed by atoms with van der Waals surface area (Å²) in [5, 5.41) is 15.0. The number of fused-ring (bicyclic) bond motifs is 1. The van der Waals surface area contributed by atoms with E-state index in [0.717, 1.165) is 23.0 Å². The Kier molecular flexibility index (Phi) is 80.4. The Morgan fingerprint density at radius 1 is 0.915 bits per heavy atom. The zero-order chi connectivity index (χ0) is 37.7. The second-order valence-corrected chi connectivity index (χ2v) is 7.63. The van der Waals surface area contributed by atoms with E-state index >= 15 is 0 Å². The molecule has 9 nitrogen and oxygen atoms in total. The van der Waals surface area contributed by atoms with E-state index in [9.17, 15) is 19.3 Å². The van der Waals surface area contributed by atoms with Crippen molar-refractivity contribution in [2.75, 3.05) is 5.32 Å². The topological polar surface area (TPSA) is 112 Å². The third-order valence-electron chi connectivity index (χ3n) is 4.90. The van der Waals surface area contributed by atoms with Crippen LogP contribution in [0.5, 0.6) is 0 Å². The van der Waals surface area contributed by atoms with Gasteiger partial charge in [-0.25, -0.2) is 9.78 Å². The molecule has 0 unspecified atom stereocenters. The van der Waals surface area contributed by atoms with Gasteiger partial charge in [-0.2, -0.15) is 9.37 Å². The fourth-order valence-electron chi connectivity index (χ4n) is 3.36. The predicted molar refractivity (Wildman–Crippen MR) is 201 cm³/mol. The van der Waals surface area contributed by atoms with Crippen LogP contribution >= 0.6 is 0 Å². The zero-order valence-electron chi connectivity index (χ0n) is 32.1. The molecular weight excluding hydrogens is 977 g/mol. The summed E-state index contributed by atoms with van der Waals surface area (Å²) in [6.45, 7) is 5.08. The van der Waals surface area contributed by atoms with Gasteiger partial charge in [0, 0.05) is 18.5 Å². The number of aryl methyl sites for hydroxylation is 1. The zero-order valence-corrected chi connectivity index (χ0v) is 75.8. The molecule has 0 bridgehead atoms. The Balaban J connectivity index is -0.000000586. The molecule has 0 fully saturated rings. The first-order valence-corrected chi connectivity index (χ1v) is 129. The van der Waals surface area contributed by atoms with E-state index in [0.29, 0.717) is 5.56 Å². The van der Waals surface area contributed by atoms with Crippen molar-refractivity contribution in [1.29, 1.82) is 0 Å². The standard InChI is InChI=1S/C23H20FN5O4.14K/c1-13(2)33-22(30)16-12-25-23(26-18-11-20(29(31)32)17(24)10-14(18)3)27-21(16)28-9-8-15-6-4-5-7-19(15)28;;;;;;;;;;;;;;/h4-13H,1-3H3,(H,25,26,27);;;;;;;;;;;;;;. The molecular formula is C23H20FK14N5O4. The minimum absolute atomic E-state index is 0.0767. The number of carbonyl (C=O) groups excluding carboxylic acids is 1. The van der Waals surface area contributed by atoms with Gasteiger partial charge in [-0.15, -0.1) is 0 Å². The van der Waals surface area contributed by atoms with Gasteiger partial charge in [0.05, 0.1) is 22.2 Å². The monoisotopic (exact) mass is 995 g/mol. The van der Waals surface area contributed by atoms with E-state index in [4.69, 9.17) is 4.74 Å². The molecule has 0 spiro atoms. The van der Waals surface area contributed by atoms with Crippen LogP contribution in [-0.4, -0.2) is 474 Å². The number of aromatic nitrogens is 3. The molecule has 24 heteroatoms. The number of carbonyl (C=O) groups is 1. The van der Waals surface area contributed by atoms with Crippen molar-refractivity contribution >= 4 is 476 Å². The van der Waals surface area contributed by atoms with Crippen molar-refractivity contribution in [2.24, 2.45) is 0 Å². The summed E-state index contributed by atoms with van der Waals surface area (Å²) in [5.41, 5.74) is 0.991. The van der Waals surface area contributed by atoms with E-state index in [2.05, 4.69) is 15.3 Å². The summed E-state index contributed by atoms with van der Waals surface area (Å²) in [6, 6.07) is 11.6. The van der Waals surface area contributed by atoms with Gasteiger partial charge in [-0.05, 0) is 49.9 Å². The van der Waals surface area contributed by atoms with Crippen molar-refractivity contribution in [2.45, 2.75) is 26.9 Å². The van der Waals surface area contributed by atoms with Gasteiger partial charge in [0.1, 0.15) is 5.56 Å². The van der Waals surface area contributed by atoms with Crippen molar-refractivity contribution in [3.63, 3.8) is 0 Å². The van der Waals surface area contributed by atoms with Crippen LogP contribution in [0.4, 0.5) is 21.7 Å². The molecule has 182 valence electrons. The van der Waals surface area contributed by atoms with Gasteiger partial charge >= 0.3 is 454 Å². The van der Waals surface area contributed by atoms with Crippen molar-refractivity contribution in [3.05, 3.63) is 81.9 Å². The number of rotatable bonds is 6. The number of nitrogens with one attached hydrogen (secondary N) is 1. The van der Waals surface area contributed by atoms with Gasteiger partial charge in [0.2, 0.25) is 11.8 Å². The second-order valence-electron chi connectivity index (χ2n) is 7.63. The number of benzene rings is 2. The number of nitrogens with zero attached hydrogens (tertiary/aromatic N) is 4. The quantitative estimate of drug-likeness (QED) is 0.123. The molecule has 0 atom stereocenters. The first kappa shape index (κ1) is 72.1. The molecule has 0 saturated heterocycles. The number of hydrogen-bond donors (Lipinski definition) is 1. The van der Waals surface area contributed by atoms with Crippen LogP contribution in [0.3, 0.4) is 0 Å². The fraction of sp³-hybridized carbons (Fsp3) is 0.174. The number of halogens is 1. The molecule has 4 aromatic rings. The van der Waals surface area contributed by atoms with Crippen LogP contribution < -0.4 is 5.32 Å². The molecule has 47 heavy (non-hydrogen) atoms. The molecule has 0 amide bonds. The molecule has 0 radical (unpaired) electrons. The Bertz CT molecular complexity index is 1420. The van der Waals surface area contributed by atoms with Gasteiger partial charge in [-0.3, -0.25) is 10.1 Å². The molecule has 4 rings (SSSR count). The number of ether oxygens (including phenoxy) is 1. The van der Waals surface area contributed by atoms with Crippen LogP contribution in [0.25, 0.3) is 16.7 Å². The van der Waals surface area contributed by atoms with Crippen LogP contribution in [0.15, 0.2) is 54.9 Å². The van der Waals surface area contributed by atoms with Crippen LogP contribution in [0.2, 0.25) is 0 Å². The van der Waals surface area contributed by atoms with Crippen LogP contribution in [0, 0.1) is 22.9 Å². The first-order chi connectivity index (χ1) is 22.7. The maximum absolute atomic E-state index is 13.9. The molecule has 2 aromatic heterocycles. The number of hydrogen-bond acceptors (Lipinski definition) is 7. The third-order valence-corrected chi connectivity index (χ3v) is 4.90. The maximum atomic E-state index is 13.9. The number of nitro groups is 1. The Hall–Kier alpha value is 18.6. The average Bonchev–Trinajstić information content (AvgIpc) is 3.56. The van der Waals surface area contributed by atoms with Gasteiger partial charge in [0.25, 0.3) is 0 Å². The summed E-state index contributed by atoms with van der Waals surface area (Å²) >= 11 is 17.5. The SMILES string of the molecule is Cc1cc(F)c([N+](=O)[O-])cc1Nc1ncc(C(=O)OC(C)C)c(-n2ccc3ccccc32)n1.[K][K].[K][K].[K][K].[K][K].[K][K].[K][K].[K][K]. The molecule has 2 heterocycles. The molecule has 0 saturated carbocycles. The van der Waals surface area contributed by atoms with Gasteiger partial charge in [-0.1, -0.05) is 18.2 Å². The van der Waals surface area contributed by atoms with Crippen LogP contribution in [0.1, 0.15) is 29.8 Å². The number of esters is 1. The molecule has 1 N–H and O–H groups in total. The fourth-order valence-corrected chi connectivity index (χ4v) is 3.36. The van der Waals surface area contributed by atoms with Gasteiger partial charge in [0.15, 0.2) is 5.82 Å². The van der Waals surface area contributed by atoms with E-state index in [1.165, 1.54) is 448 Å². The average molecular weight is 997 g/mol.